The molecule has 0 aliphatic carbocycles. The summed E-state index contributed by atoms with van der Waals surface area (Å²) in [4.78, 5) is 13.7. The molecule has 0 N–H and O–H groups in total. The number of carbonyl (C=O) groups excluding carboxylic acids is 1. The van der Waals surface area contributed by atoms with Gasteiger partial charge in [-0.15, -0.1) is 0 Å². The predicted molar refractivity (Wildman–Crippen MR) is 161 cm³/mol. The summed E-state index contributed by atoms with van der Waals surface area (Å²) >= 11 is -5.53. The molecule has 202 valence electrons. The van der Waals surface area contributed by atoms with Crippen molar-refractivity contribution in [2.45, 2.75) is 145 Å². The third-order valence-corrected chi connectivity index (χ3v) is 36.2. The summed E-state index contributed by atoms with van der Waals surface area (Å²) in [6.07, 6.45) is 15.2. The SMILES string of the molecule is CCC[CH2][Sn]([CH2]CCC)([CH2]CCC)[O]C(=O)c1ccc[c]([Sn]([CH2]CCC)([CH2]CCC)[CH2]CCC)c1. The molecule has 0 spiro atoms. The van der Waals surface area contributed by atoms with E-state index in [0.717, 1.165) is 5.56 Å². The zero-order valence-electron chi connectivity index (χ0n) is 24.4. The first-order valence-corrected chi connectivity index (χ1v) is 30.0. The van der Waals surface area contributed by atoms with Gasteiger partial charge in [-0.3, -0.25) is 0 Å². The molecule has 4 heteroatoms. The molecule has 0 amide bonds. The van der Waals surface area contributed by atoms with Crippen LogP contribution in [-0.4, -0.2) is 43.1 Å². The van der Waals surface area contributed by atoms with Gasteiger partial charge in [0, 0.05) is 0 Å². The van der Waals surface area contributed by atoms with Gasteiger partial charge in [0.2, 0.25) is 0 Å². The molecule has 0 unspecified atom stereocenters. The Morgan fingerprint density at radius 1 is 0.629 bits per heavy atom. The van der Waals surface area contributed by atoms with Crippen LogP contribution < -0.4 is 3.58 Å². The molecule has 0 fully saturated rings. The minimum absolute atomic E-state index is 0.0209. The maximum atomic E-state index is 13.7. The van der Waals surface area contributed by atoms with Crippen molar-refractivity contribution in [2.24, 2.45) is 0 Å². The van der Waals surface area contributed by atoms with Crippen molar-refractivity contribution in [2.75, 3.05) is 0 Å². The van der Waals surface area contributed by atoms with Crippen molar-refractivity contribution in [3.8, 4) is 0 Å². The van der Waals surface area contributed by atoms with Crippen molar-refractivity contribution in [1.29, 1.82) is 0 Å². The molecule has 0 aliphatic rings. The zero-order chi connectivity index (χ0) is 26.0. The third kappa shape index (κ3) is 11.7. The van der Waals surface area contributed by atoms with Gasteiger partial charge in [-0.25, -0.2) is 0 Å². The van der Waals surface area contributed by atoms with Crippen LogP contribution in [0.4, 0.5) is 0 Å². The van der Waals surface area contributed by atoms with Gasteiger partial charge in [0.05, 0.1) is 0 Å². The summed E-state index contributed by atoms with van der Waals surface area (Å²) in [5.41, 5.74) is 0.860. The number of unbranched alkanes of at least 4 members (excludes halogenated alkanes) is 6. The van der Waals surface area contributed by atoms with Crippen molar-refractivity contribution in [1.82, 2.24) is 0 Å². The van der Waals surface area contributed by atoms with Crippen LogP contribution in [-0.2, 0) is 3.07 Å². The van der Waals surface area contributed by atoms with Crippen LogP contribution in [0.2, 0.25) is 26.6 Å². The van der Waals surface area contributed by atoms with Crippen LogP contribution >= 0.6 is 0 Å². The first-order valence-electron chi connectivity index (χ1n) is 15.3. The molecule has 2 nitrogen and oxygen atoms in total. The average molecular weight is 700 g/mol. The number of hydrogen-bond donors (Lipinski definition) is 0. The fourth-order valence-corrected chi connectivity index (χ4v) is 34.7. The Bertz CT molecular complexity index is 645. The van der Waals surface area contributed by atoms with E-state index in [1.54, 1.807) is 3.58 Å². The molecule has 0 radical (unpaired) electrons. The molecule has 1 aromatic carbocycles. The molecule has 0 saturated heterocycles. The quantitative estimate of drug-likeness (QED) is 0.119. The molecular weight excluding hydrogens is 642 g/mol. The minimum atomic E-state index is -2.97. The van der Waals surface area contributed by atoms with Crippen LogP contribution in [0.15, 0.2) is 24.3 Å². The van der Waals surface area contributed by atoms with Gasteiger partial charge >= 0.3 is 230 Å². The van der Waals surface area contributed by atoms with Crippen LogP contribution in [0.5, 0.6) is 0 Å². The standard InChI is InChI=1S/C7H5O2.6C4H9.2Sn/c8-7(9)6-4-2-1-3-5-6;6*1-3-4-2;;/h1-2,4-5H,(H,8,9);6*1,3-4H2,2H3;;/q;;;;;;;;+1/p-1. The van der Waals surface area contributed by atoms with Gasteiger partial charge in [-0.05, 0) is 0 Å². The summed E-state index contributed by atoms with van der Waals surface area (Å²) in [7, 11) is 0. The van der Waals surface area contributed by atoms with Crippen LogP contribution in [0.1, 0.15) is 129 Å². The Hall–Kier alpha value is 0.287. The summed E-state index contributed by atoms with van der Waals surface area (Å²) in [5, 5.41) is 0. The number of benzene rings is 1. The summed E-state index contributed by atoms with van der Waals surface area (Å²) in [6.45, 7) is 13.8. The van der Waals surface area contributed by atoms with Crippen molar-refractivity contribution < 1.29 is 7.87 Å². The molecule has 0 heterocycles. The van der Waals surface area contributed by atoms with Gasteiger partial charge in [0.25, 0.3) is 0 Å². The summed E-state index contributed by atoms with van der Waals surface area (Å²) in [6, 6.07) is 8.96. The Balaban J connectivity index is 3.31. The molecule has 0 aromatic heterocycles. The normalized spacial score (nSPS) is 12.2. The fourth-order valence-electron chi connectivity index (χ4n) is 5.61. The van der Waals surface area contributed by atoms with E-state index in [1.807, 2.05) is 0 Å². The second-order valence-corrected chi connectivity index (χ2v) is 35.9. The Morgan fingerprint density at radius 2 is 1.03 bits per heavy atom. The Labute approximate surface area is 228 Å². The first-order chi connectivity index (χ1) is 17.0. The monoisotopic (exact) mass is 702 g/mol. The van der Waals surface area contributed by atoms with Gasteiger partial charge in [-0.1, -0.05) is 0 Å². The van der Waals surface area contributed by atoms with E-state index in [9.17, 15) is 4.79 Å². The van der Waals surface area contributed by atoms with E-state index in [1.165, 1.54) is 104 Å². The maximum absolute atomic E-state index is 13.7. The van der Waals surface area contributed by atoms with E-state index in [-0.39, 0.29) is 5.97 Å². The molecule has 0 saturated carbocycles. The fraction of sp³-hybridized carbons (Fsp3) is 0.774. The van der Waals surface area contributed by atoms with Gasteiger partial charge in [0.1, 0.15) is 0 Å². The van der Waals surface area contributed by atoms with Gasteiger partial charge in [-0.2, -0.15) is 0 Å². The molecule has 0 aliphatic heterocycles. The molecule has 0 atom stereocenters. The summed E-state index contributed by atoms with van der Waals surface area (Å²) in [5.74, 6) is 0.0209. The molecule has 1 rings (SSSR count). The van der Waals surface area contributed by atoms with E-state index in [2.05, 4.69) is 65.8 Å². The molecule has 0 bridgehead atoms. The van der Waals surface area contributed by atoms with Crippen LogP contribution in [0.25, 0.3) is 0 Å². The average Bonchev–Trinajstić information content (AvgIpc) is 2.89. The van der Waals surface area contributed by atoms with Crippen molar-refractivity contribution >= 4 is 46.7 Å². The van der Waals surface area contributed by atoms with Crippen LogP contribution in [0, 0.1) is 0 Å². The van der Waals surface area contributed by atoms with E-state index >= 15 is 0 Å². The number of carbonyl (C=O) groups is 1. The van der Waals surface area contributed by atoms with E-state index in [4.69, 9.17) is 3.07 Å². The molecule has 1 aromatic rings. The number of rotatable bonds is 21. The molecule has 35 heavy (non-hydrogen) atoms. The van der Waals surface area contributed by atoms with Crippen molar-refractivity contribution in [3.05, 3.63) is 29.8 Å². The van der Waals surface area contributed by atoms with Gasteiger partial charge < -0.3 is 0 Å². The van der Waals surface area contributed by atoms with E-state index < -0.39 is 37.2 Å². The first kappa shape index (κ1) is 33.3. The Kier molecular flexibility index (Phi) is 18.4. The van der Waals surface area contributed by atoms with E-state index in [0.29, 0.717) is 0 Å². The third-order valence-electron chi connectivity index (χ3n) is 8.00. The van der Waals surface area contributed by atoms with Crippen LogP contribution in [0.3, 0.4) is 0 Å². The van der Waals surface area contributed by atoms with Gasteiger partial charge in [0.15, 0.2) is 0 Å². The number of hydrogen-bond acceptors (Lipinski definition) is 2. The second kappa shape index (κ2) is 19.4. The predicted octanol–water partition coefficient (Wildman–Crippen LogP) is 10.2. The topological polar surface area (TPSA) is 26.3 Å². The summed E-state index contributed by atoms with van der Waals surface area (Å²) < 4.78 is 16.3. The molecular formula is C31H58O2Sn2. The zero-order valence-corrected chi connectivity index (χ0v) is 30.1. The Morgan fingerprint density at radius 3 is 1.43 bits per heavy atom. The van der Waals surface area contributed by atoms with Crippen molar-refractivity contribution in [3.63, 3.8) is 0 Å². The second-order valence-electron chi connectivity index (χ2n) is 11.1.